The molecular formula is C21H35NO4S. The highest BCUT2D eigenvalue weighted by molar-refractivity contribution is 7.90. The highest BCUT2D eigenvalue weighted by Crippen LogP contribution is 2.20. The smallest absolute Gasteiger partial charge is 0.264 e. The van der Waals surface area contributed by atoms with Crippen molar-refractivity contribution >= 4 is 15.9 Å². The first-order valence-corrected chi connectivity index (χ1v) is 11.7. The highest BCUT2D eigenvalue weighted by Gasteiger charge is 2.20. The van der Waals surface area contributed by atoms with Crippen molar-refractivity contribution in [1.82, 2.24) is 4.72 Å². The molecule has 0 saturated heterocycles. The van der Waals surface area contributed by atoms with E-state index < -0.39 is 15.9 Å². The van der Waals surface area contributed by atoms with Gasteiger partial charge in [0.25, 0.3) is 10.0 Å². The zero-order valence-corrected chi connectivity index (χ0v) is 17.6. The largest absolute Gasteiger partial charge is 0.508 e. The number of phenolic OH excluding ortho intramolecular Hbond substituents is 1. The quantitative estimate of drug-likeness (QED) is 0.422. The van der Waals surface area contributed by atoms with Crippen molar-refractivity contribution in [3.05, 3.63) is 23.8 Å². The Hall–Kier alpha value is -1.56. The van der Waals surface area contributed by atoms with Crippen LogP contribution in [0.15, 0.2) is 23.1 Å². The van der Waals surface area contributed by atoms with E-state index in [1.165, 1.54) is 63.5 Å². The molecule has 0 bridgehead atoms. The van der Waals surface area contributed by atoms with E-state index in [-0.39, 0.29) is 17.1 Å². The number of carbonyl (C=O) groups is 1. The number of aromatic hydroxyl groups is 1. The molecule has 0 saturated carbocycles. The van der Waals surface area contributed by atoms with E-state index in [0.717, 1.165) is 18.9 Å². The van der Waals surface area contributed by atoms with Gasteiger partial charge in [-0.1, -0.05) is 77.2 Å². The fourth-order valence-electron chi connectivity index (χ4n) is 3.08. The van der Waals surface area contributed by atoms with Gasteiger partial charge in [0.2, 0.25) is 5.91 Å². The first-order chi connectivity index (χ1) is 12.9. The van der Waals surface area contributed by atoms with Crippen molar-refractivity contribution < 1.29 is 18.3 Å². The lowest BCUT2D eigenvalue weighted by Gasteiger charge is -2.09. The number of sulfonamides is 1. The number of amides is 1. The minimum atomic E-state index is -3.94. The van der Waals surface area contributed by atoms with Crippen LogP contribution < -0.4 is 4.72 Å². The van der Waals surface area contributed by atoms with Crippen molar-refractivity contribution in [3.63, 3.8) is 0 Å². The van der Waals surface area contributed by atoms with Crippen molar-refractivity contribution in [1.29, 1.82) is 0 Å². The van der Waals surface area contributed by atoms with Gasteiger partial charge in [0.05, 0.1) is 4.90 Å². The fourth-order valence-corrected chi connectivity index (χ4v) is 4.36. The van der Waals surface area contributed by atoms with Gasteiger partial charge in [0.15, 0.2) is 0 Å². The van der Waals surface area contributed by atoms with Gasteiger partial charge in [0.1, 0.15) is 5.75 Å². The number of rotatable bonds is 14. The molecule has 0 spiro atoms. The maximum Gasteiger partial charge on any atom is 0.264 e. The summed E-state index contributed by atoms with van der Waals surface area (Å²) in [7, 11) is -3.94. The van der Waals surface area contributed by atoms with Crippen LogP contribution in [0.25, 0.3) is 0 Å². The number of phenols is 1. The van der Waals surface area contributed by atoms with Crippen molar-refractivity contribution in [2.75, 3.05) is 0 Å². The van der Waals surface area contributed by atoms with Gasteiger partial charge in [-0.2, -0.15) is 0 Å². The molecule has 6 heteroatoms. The number of nitrogens with one attached hydrogen (secondary N) is 1. The molecule has 2 N–H and O–H groups in total. The van der Waals surface area contributed by atoms with E-state index in [1.807, 2.05) is 0 Å². The molecule has 1 aromatic carbocycles. The molecule has 0 aliphatic rings. The third kappa shape index (κ3) is 9.80. The van der Waals surface area contributed by atoms with Crippen LogP contribution in [0.4, 0.5) is 0 Å². The molecule has 154 valence electrons. The zero-order chi connectivity index (χ0) is 20.1. The molecule has 0 aliphatic heterocycles. The lowest BCUT2D eigenvalue weighted by atomic mass is 10.1. The van der Waals surface area contributed by atoms with E-state index in [0.29, 0.717) is 12.0 Å². The predicted molar refractivity (Wildman–Crippen MR) is 109 cm³/mol. The number of aryl methyl sites for hydroxylation is 1. The summed E-state index contributed by atoms with van der Waals surface area (Å²) in [5, 5.41) is 9.47. The molecule has 5 nitrogen and oxygen atoms in total. The monoisotopic (exact) mass is 397 g/mol. The Balaban J connectivity index is 2.18. The Morgan fingerprint density at radius 3 is 2.00 bits per heavy atom. The van der Waals surface area contributed by atoms with Gasteiger partial charge in [-0.15, -0.1) is 0 Å². The normalized spacial score (nSPS) is 11.5. The highest BCUT2D eigenvalue weighted by atomic mass is 32.2. The summed E-state index contributed by atoms with van der Waals surface area (Å²) in [5.74, 6) is -0.632. The van der Waals surface area contributed by atoms with E-state index in [2.05, 4.69) is 11.6 Å². The van der Waals surface area contributed by atoms with Crippen molar-refractivity contribution in [2.24, 2.45) is 0 Å². The summed E-state index contributed by atoms with van der Waals surface area (Å²) in [4.78, 5) is 11.9. The minimum Gasteiger partial charge on any atom is -0.508 e. The van der Waals surface area contributed by atoms with Gasteiger partial charge in [-0.25, -0.2) is 13.1 Å². The topological polar surface area (TPSA) is 83.5 Å². The average Bonchev–Trinajstić information content (AvgIpc) is 2.61. The Bertz CT molecular complexity index is 671. The first kappa shape index (κ1) is 23.5. The molecule has 0 aromatic heterocycles. The van der Waals surface area contributed by atoms with Crippen LogP contribution in [-0.4, -0.2) is 19.4 Å². The van der Waals surface area contributed by atoms with Crippen LogP contribution >= 0.6 is 0 Å². The number of unbranched alkanes of at least 4 members (excludes halogenated alkanes) is 10. The van der Waals surface area contributed by atoms with E-state index in [1.54, 1.807) is 6.92 Å². The van der Waals surface area contributed by atoms with Gasteiger partial charge >= 0.3 is 0 Å². The molecule has 0 atom stereocenters. The van der Waals surface area contributed by atoms with Gasteiger partial charge in [-0.3, -0.25) is 4.79 Å². The molecule has 1 aromatic rings. The Kier molecular flexibility index (Phi) is 11.1. The molecule has 1 amide bonds. The molecule has 0 aliphatic carbocycles. The van der Waals surface area contributed by atoms with Crippen molar-refractivity contribution in [3.8, 4) is 5.75 Å². The second-order valence-corrected chi connectivity index (χ2v) is 8.91. The number of carbonyl (C=O) groups excluding carboxylic acids is 1. The predicted octanol–water partition coefficient (Wildman–Crippen LogP) is 5.21. The Morgan fingerprint density at radius 1 is 0.926 bits per heavy atom. The van der Waals surface area contributed by atoms with Crippen LogP contribution in [0.2, 0.25) is 0 Å². The second-order valence-electron chi connectivity index (χ2n) is 7.26. The molecular weight excluding hydrogens is 362 g/mol. The second kappa shape index (κ2) is 12.8. The number of benzene rings is 1. The van der Waals surface area contributed by atoms with E-state index in [4.69, 9.17) is 0 Å². The summed E-state index contributed by atoms with van der Waals surface area (Å²) in [6.07, 6.45) is 13.2. The summed E-state index contributed by atoms with van der Waals surface area (Å²) in [6.45, 7) is 3.85. The Morgan fingerprint density at radius 2 is 1.44 bits per heavy atom. The lowest BCUT2D eigenvalue weighted by molar-refractivity contribution is -0.119. The summed E-state index contributed by atoms with van der Waals surface area (Å²) >= 11 is 0. The minimum absolute atomic E-state index is 0.0604. The van der Waals surface area contributed by atoms with Crippen LogP contribution in [0.3, 0.4) is 0 Å². The van der Waals surface area contributed by atoms with Crippen LogP contribution in [0.1, 0.15) is 89.5 Å². The third-order valence-electron chi connectivity index (χ3n) is 4.72. The zero-order valence-electron chi connectivity index (χ0n) is 16.8. The van der Waals surface area contributed by atoms with Crippen LogP contribution in [-0.2, 0) is 14.8 Å². The Labute approximate surface area is 164 Å². The van der Waals surface area contributed by atoms with E-state index in [9.17, 15) is 18.3 Å². The maximum absolute atomic E-state index is 12.3. The summed E-state index contributed by atoms with van der Waals surface area (Å²) in [6, 6.07) is 4.09. The number of hydrogen-bond acceptors (Lipinski definition) is 4. The van der Waals surface area contributed by atoms with Gasteiger partial charge < -0.3 is 5.11 Å². The molecule has 0 heterocycles. The lowest BCUT2D eigenvalue weighted by Crippen LogP contribution is -2.30. The van der Waals surface area contributed by atoms with Crippen molar-refractivity contribution in [2.45, 2.75) is 95.8 Å². The SMILES string of the molecule is CCCCCCCCCCCCCC(=O)NS(=O)(=O)c1cc(O)ccc1C. The van der Waals surface area contributed by atoms with Crippen LogP contribution in [0.5, 0.6) is 5.75 Å². The summed E-state index contributed by atoms with van der Waals surface area (Å²) in [5.41, 5.74) is 0.489. The van der Waals surface area contributed by atoms with Crippen LogP contribution in [0, 0.1) is 6.92 Å². The molecule has 0 radical (unpaired) electrons. The third-order valence-corrected chi connectivity index (χ3v) is 6.23. The molecule has 27 heavy (non-hydrogen) atoms. The summed E-state index contributed by atoms with van der Waals surface area (Å²) < 4.78 is 26.6. The first-order valence-electron chi connectivity index (χ1n) is 10.2. The molecule has 0 unspecified atom stereocenters. The maximum atomic E-state index is 12.3. The molecule has 1 rings (SSSR count). The fraction of sp³-hybridized carbons (Fsp3) is 0.667. The molecule has 0 fully saturated rings. The average molecular weight is 398 g/mol. The van der Waals surface area contributed by atoms with Gasteiger partial charge in [0, 0.05) is 12.5 Å². The number of hydrogen-bond donors (Lipinski definition) is 2. The standard InChI is InChI=1S/C21H35NO4S/c1-3-4-5-6-7-8-9-10-11-12-13-14-21(24)22-27(25,26)20-17-19(23)16-15-18(20)2/h15-17,23H,3-14H2,1-2H3,(H,22,24). The van der Waals surface area contributed by atoms with Gasteiger partial charge in [-0.05, 0) is 25.0 Å². The van der Waals surface area contributed by atoms with E-state index >= 15 is 0 Å².